The summed E-state index contributed by atoms with van der Waals surface area (Å²) >= 11 is 0. The van der Waals surface area contributed by atoms with Crippen molar-refractivity contribution in [2.24, 2.45) is 0 Å². The Kier molecular flexibility index (Phi) is 5.84. The van der Waals surface area contributed by atoms with Crippen LogP contribution in [0, 0.1) is 0 Å². The minimum Gasteiger partial charge on any atom is -0.390 e. The Morgan fingerprint density at radius 1 is 0.731 bits per heavy atom. The number of ether oxygens (including phenoxy) is 2. The summed E-state index contributed by atoms with van der Waals surface area (Å²) in [4.78, 5) is 0. The van der Waals surface area contributed by atoms with Crippen molar-refractivity contribution in [2.75, 3.05) is 26.4 Å². The first-order valence-corrected chi connectivity index (χ1v) is 6.46. The number of rotatable bonds is 10. The largest absolute Gasteiger partial charge is 0.390 e. The van der Waals surface area contributed by atoms with Crippen LogP contribution in [0.25, 0.3) is 0 Å². The Labute approximate surface area is 136 Å². The Bertz CT molecular complexity index is 503. The van der Waals surface area contributed by atoms with Crippen molar-refractivity contribution in [2.45, 2.75) is 41.6 Å². The fourth-order valence-corrected chi connectivity index (χ4v) is 1.53. The lowest BCUT2D eigenvalue weighted by Crippen LogP contribution is -2.71. The van der Waals surface area contributed by atoms with Crippen LogP contribution in [0.2, 0.25) is 0 Å². The second-order valence-electron chi connectivity index (χ2n) is 5.34. The van der Waals surface area contributed by atoms with Crippen molar-refractivity contribution in [1.29, 1.82) is 0 Å². The maximum Gasteiger partial charge on any atom is 0.384 e. The summed E-state index contributed by atoms with van der Waals surface area (Å²) < 4.78 is 166. The molecule has 156 valence electrons. The van der Waals surface area contributed by atoms with Crippen LogP contribution in [-0.2, 0) is 9.47 Å². The molecule has 0 radical (unpaired) electrons. The first-order valence-electron chi connectivity index (χ1n) is 6.46. The van der Waals surface area contributed by atoms with Crippen molar-refractivity contribution in [3.8, 4) is 0 Å². The van der Waals surface area contributed by atoms with E-state index in [-0.39, 0.29) is 6.61 Å². The van der Waals surface area contributed by atoms with E-state index in [1.54, 1.807) is 0 Å². The maximum absolute atomic E-state index is 13.3. The van der Waals surface area contributed by atoms with Crippen LogP contribution in [0.3, 0.4) is 0 Å². The number of epoxide rings is 1. The lowest BCUT2D eigenvalue weighted by atomic mass is 9.92. The molecule has 3 nitrogen and oxygen atoms in total. The maximum atomic E-state index is 13.3. The molecule has 0 bridgehead atoms. The third-order valence-corrected chi connectivity index (χ3v) is 3.29. The van der Waals surface area contributed by atoms with Crippen LogP contribution < -0.4 is 0 Å². The van der Waals surface area contributed by atoms with E-state index in [1.807, 2.05) is 0 Å². The summed E-state index contributed by atoms with van der Waals surface area (Å²) in [6.07, 6.45) is -0.825. The van der Waals surface area contributed by atoms with Gasteiger partial charge >= 0.3 is 35.5 Å². The molecule has 1 unspecified atom stereocenters. The average Bonchev–Trinajstić information content (AvgIpc) is 3.30. The minimum absolute atomic E-state index is 0.0430. The van der Waals surface area contributed by atoms with Gasteiger partial charge in [0.2, 0.25) is 0 Å². The van der Waals surface area contributed by atoms with Crippen LogP contribution in [0.4, 0.5) is 52.7 Å². The van der Waals surface area contributed by atoms with E-state index in [4.69, 9.17) is 5.11 Å². The summed E-state index contributed by atoms with van der Waals surface area (Å²) in [6, 6.07) is 0. The van der Waals surface area contributed by atoms with Crippen LogP contribution in [-0.4, -0.2) is 73.2 Å². The Hall–Kier alpha value is -0.960. The Morgan fingerprint density at radius 3 is 1.46 bits per heavy atom. The van der Waals surface area contributed by atoms with Crippen molar-refractivity contribution >= 4 is 0 Å². The van der Waals surface area contributed by atoms with Crippen molar-refractivity contribution < 1.29 is 67.3 Å². The predicted molar refractivity (Wildman–Crippen MR) is 57.3 cm³/mol. The van der Waals surface area contributed by atoms with Crippen molar-refractivity contribution in [3.63, 3.8) is 0 Å². The molecule has 0 aromatic rings. The first kappa shape index (κ1) is 23.1. The van der Waals surface area contributed by atoms with Gasteiger partial charge in [-0.2, -0.15) is 52.7 Å². The fourth-order valence-electron chi connectivity index (χ4n) is 1.53. The highest BCUT2D eigenvalue weighted by Crippen LogP contribution is 2.59. The smallest absolute Gasteiger partial charge is 0.384 e. The molecular formula is C11H10F12O3. The van der Waals surface area contributed by atoms with Crippen LogP contribution in [0.15, 0.2) is 0 Å². The van der Waals surface area contributed by atoms with Crippen LogP contribution in [0.1, 0.15) is 0 Å². The molecule has 0 spiro atoms. The Morgan fingerprint density at radius 2 is 1.12 bits per heavy atom. The van der Waals surface area contributed by atoms with Gasteiger partial charge in [0.25, 0.3) is 0 Å². The first-order chi connectivity index (χ1) is 11.4. The Balaban J connectivity index is 3.16. The van der Waals surface area contributed by atoms with E-state index in [1.165, 1.54) is 0 Å². The highest BCUT2D eigenvalue weighted by molar-refractivity contribution is 5.11. The lowest BCUT2D eigenvalue weighted by Gasteiger charge is -2.40. The molecule has 0 aromatic carbocycles. The van der Waals surface area contributed by atoms with Gasteiger partial charge in [-0.1, -0.05) is 0 Å². The van der Waals surface area contributed by atoms with Gasteiger partial charge in [-0.3, -0.25) is 0 Å². The quantitative estimate of drug-likeness (QED) is 0.438. The number of halogens is 12. The second-order valence-corrected chi connectivity index (χ2v) is 5.34. The summed E-state index contributed by atoms with van der Waals surface area (Å²) in [5, 5.41) is 7.92. The van der Waals surface area contributed by atoms with Crippen LogP contribution in [0.5, 0.6) is 0 Å². The molecule has 0 saturated carbocycles. The zero-order chi connectivity index (χ0) is 20.8. The third-order valence-electron chi connectivity index (χ3n) is 3.29. The number of hydrogen-bond donors (Lipinski definition) is 1. The molecule has 1 atom stereocenters. The zero-order valence-electron chi connectivity index (χ0n) is 12.2. The predicted octanol–water partition coefficient (Wildman–Crippen LogP) is 3.21. The highest BCUT2D eigenvalue weighted by Gasteiger charge is 2.89. The van der Waals surface area contributed by atoms with Crippen LogP contribution >= 0.6 is 0 Å². The molecule has 1 rings (SSSR count). The van der Waals surface area contributed by atoms with Gasteiger partial charge < -0.3 is 14.6 Å². The molecule has 1 aliphatic heterocycles. The topological polar surface area (TPSA) is 42.0 Å². The molecule has 26 heavy (non-hydrogen) atoms. The van der Waals surface area contributed by atoms with E-state index in [2.05, 4.69) is 9.47 Å². The van der Waals surface area contributed by atoms with Gasteiger partial charge in [0.1, 0.15) is 19.3 Å². The van der Waals surface area contributed by atoms with Gasteiger partial charge in [-0.15, -0.1) is 0 Å². The summed E-state index contributed by atoms with van der Waals surface area (Å²) in [5.74, 6) is -42.3. The minimum atomic E-state index is -7.67. The molecular weight excluding hydrogens is 408 g/mol. The lowest BCUT2D eigenvalue weighted by molar-refractivity contribution is -0.428. The molecule has 1 heterocycles. The average molecular weight is 418 g/mol. The molecule has 15 heteroatoms. The van der Waals surface area contributed by atoms with E-state index < -0.39 is 61.5 Å². The van der Waals surface area contributed by atoms with Gasteiger partial charge in [0, 0.05) is 0 Å². The highest BCUT2D eigenvalue weighted by atomic mass is 19.4. The van der Waals surface area contributed by atoms with E-state index in [9.17, 15) is 52.7 Å². The third kappa shape index (κ3) is 3.44. The number of hydrogen-bond acceptors (Lipinski definition) is 3. The monoisotopic (exact) mass is 418 g/mol. The second kappa shape index (κ2) is 6.58. The summed E-state index contributed by atoms with van der Waals surface area (Å²) in [6.45, 7) is -6.60. The molecule has 0 aliphatic carbocycles. The standard InChI is InChI=1S/C11H10F12O3/c12-6(13,3-24)8(16,17)10(20,21)11(22,23)9(18,19)7(14,15)4-25-1-5-2-26-5/h5,24H,1-4H2. The number of aliphatic hydroxyl groups is 1. The SMILES string of the molecule is OCC(F)(F)C(F)(F)C(F)(F)C(F)(F)C(F)(F)C(F)(F)COCC1CO1. The fraction of sp³-hybridized carbons (Fsp3) is 1.00. The van der Waals surface area contributed by atoms with E-state index in [0.717, 1.165) is 0 Å². The molecule has 1 saturated heterocycles. The number of alkyl halides is 12. The zero-order valence-corrected chi connectivity index (χ0v) is 12.2. The van der Waals surface area contributed by atoms with Gasteiger partial charge in [0.15, 0.2) is 0 Å². The van der Waals surface area contributed by atoms with Gasteiger partial charge in [0.05, 0.1) is 13.2 Å². The van der Waals surface area contributed by atoms with Crippen molar-refractivity contribution in [1.82, 2.24) is 0 Å². The molecule has 0 amide bonds. The van der Waals surface area contributed by atoms with E-state index in [0.29, 0.717) is 0 Å². The van der Waals surface area contributed by atoms with E-state index >= 15 is 0 Å². The molecule has 1 aliphatic rings. The number of aliphatic hydroxyl groups excluding tert-OH is 1. The normalized spacial score (nSPS) is 20.4. The molecule has 1 fully saturated rings. The van der Waals surface area contributed by atoms with Gasteiger partial charge in [-0.25, -0.2) is 0 Å². The molecule has 1 N–H and O–H groups in total. The van der Waals surface area contributed by atoms with Gasteiger partial charge in [-0.05, 0) is 0 Å². The van der Waals surface area contributed by atoms with Crippen molar-refractivity contribution in [3.05, 3.63) is 0 Å². The molecule has 0 aromatic heterocycles. The summed E-state index contributed by atoms with van der Waals surface area (Å²) in [7, 11) is 0. The summed E-state index contributed by atoms with van der Waals surface area (Å²) in [5.41, 5.74) is 0.